The van der Waals surface area contributed by atoms with Crippen LogP contribution in [0.15, 0.2) is 35.2 Å². The molecule has 2 aromatic rings. The van der Waals surface area contributed by atoms with E-state index in [9.17, 15) is 13.2 Å². The van der Waals surface area contributed by atoms with Gasteiger partial charge in [0, 0.05) is 30.3 Å². The molecule has 0 aliphatic carbocycles. The second-order valence-electron chi connectivity index (χ2n) is 6.62. The first kappa shape index (κ1) is 19.1. The Balaban J connectivity index is 1.77. The van der Waals surface area contributed by atoms with E-state index in [0.29, 0.717) is 18.7 Å². The highest BCUT2D eigenvalue weighted by Crippen LogP contribution is 2.27. The van der Waals surface area contributed by atoms with Crippen LogP contribution in [-0.2, 0) is 10.0 Å². The monoisotopic (exact) mass is 386 g/mol. The van der Waals surface area contributed by atoms with Crippen molar-refractivity contribution >= 4 is 15.9 Å². The van der Waals surface area contributed by atoms with Gasteiger partial charge in [0.1, 0.15) is 0 Å². The zero-order chi connectivity index (χ0) is 19.4. The Kier molecular flexibility index (Phi) is 5.63. The number of carbonyl (C=O) groups is 1. The van der Waals surface area contributed by atoms with Gasteiger partial charge in [-0.05, 0) is 44.0 Å². The molecule has 1 atom stereocenters. The highest BCUT2D eigenvalue weighted by molar-refractivity contribution is 7.89. The first-order valence-electron chi connectivity index (χ1n) is 8.75. The molecule has 0 unspecified atom stereocenters. The Labute approximate surface area is 159 Å². The number of carbonyl (C=O) groups excluding carboxylic acids is 1. The van der Waals surface area contributed by atoms with Crippen LogP contribution in [0.4, 0.5) is 0 Å². The third kappa shape index (κ3) is 4.38. The van der Waals surface area contributed by atoms with Gasteiger partial charge in [0.05, 0.1) is 17.1 Å². The van der Waals surface area contributed by atoms with Crippen molar-refractivity contribution in [1.82, 2.24) is 19.8 Å². The fraction of sp³-hybridized carbons (Fsp3) is 0.368. The van der Waals surface area contributed by atoms with Crippen LogP contribution < -0.4 is 4.72 Å². The van der Waals surface area contributed by atoms with Crippen molar-refractivity contribution in [3.63, 3.8) is 0 Å². The number of hydrogen-bond acceptors (Lipinski definition) is 4. The third-order valence-corrected chi connectivity index (χ3v) is 6.01. The number of aromatic nitrogens is 2. The molecule has 1 amide bonds. The molecule has 1 aliphatic heterocycles. The summed E-state index contributed by atoms with van der Waals surface area (Å²) in [6.07, 6.45) is 6.96. The van der Waals surface area contributed by atoms with Crippen molar-refractivity contribution in [3.8, 4) is 12.3 Å². The van der Waals surface area contributed by atoms with E-state index < -0.39 is 10.0 Å². The van der Waals surface area contributed by atoms with Gasteiger partial charge in [-0.3, -0.25) is 9.89 Å². The zero-order valence-corrected chi connectivity index (χ0v) is 15.9. The Morgan fingerprint density at radius 3 is 2.96 bits per heavy atom. The second kappa shape index (κ2) is 7.94. The lowest BCUT2D eigenvalue weighted by Crippen LogP contribution is -2.39. The summed E-state index contributed by atoms with van der Waals surface area (Å²) in [5.74, 6) is 2.23. The van der Waals surface area contributed by atoms with Gasteiger partial charge in [-0.2, -0.15) is 9.82 Å². The lowest BCUT2D eigenvalue weighted by molar-refractivity contribution is 0.0705. The number of likely N-dealkylation sites (tertiary alicyclic amines) is 1. The van der Waals surface area contributed by atoms with Gasteiger partial charge in [0.2, 0.25) is 10.0 Å². The van der Waals surface area contributed by atoms with E-state index in [1.54, 1.807) is 17.0 Å². The zero-order valence-electron chi connectivity index (χ0n) is 15.1. The van der Waals surface area contributed by atoms with Crippen LogP contribution >= 0.6 is 0 Å². The smallest absolute Gasteiger partial charge is 0.253 e. The fourth-order valence-electron chi connectivity index (χ4n) is 3.25. The highest BCUT2D eigenvalue weighted by Gasteiger charge is 2.27. The van der Waals surface area contributed by atoms with Gasteiger partial charge < -0.3 is 4.90 Å². The largest absolute Gasteiger partial charge is 0.338 e. The maximum Gasteiger partial charge on any atom is 0.253 e. The molecule has 1 aromatic carbocycles. The molecular formula is C19H22N4O3S. The molecule has 27 heavy (non-hydrogen) atoms. The summed E-state index contributed by atoms with van der Waals surface area (Å²) >= 11 is 0. The summed E-state index contributed by atoms with van der Waals surface area (Å²) in [5.41, 5.74) is 2.29. The molecule has 0 bridgehead atoms. The molecule has 8 heteroatoms. The first-order chi connectivity index (χ1) is 12.9. The second-order valence-corrected chi connectivity index (χ2v) is 8.39. The molecule has 1 saturated heterocycles. The van der Waals surface area contributed by atoms with Gasteiger partial charge in [0.15, 0.2) is 0 Å². The molecule has 7 nitrogen and oxygen atoms in total. The molecule has 2 N–H and O–H groups in total. The number of nitrogens with zero attached hydrogens (tertiary/aromatic N) is 2. The minimum Gasteiger partial charge on any atom is -0.338 e. The molecule has 0 radical (unpaired) electrons. The molecule has 2 heterocycles. The Morgan fingerprint density at radius 2 is 2.26 bits per heavy atom. The van der Waals surface area contributed by atoms with Crippen molar-refractivity contribution in [2.75, 3.05) is 19.6 Å². The van der Waals surface area contributed by atoms with Crippen LogP contribution in [0.3, 0.4) is 0 Å². The molecule has 1 fully saturated rings. The van der Waals surface area contributed by atoms with Gasteiger partial charge in [-0.1, -0.05) is 12.0 Å². The van der Waals surface area contributed by atoms with E-state index in [2.05, 4.69) is 20.8 Å². The SMILES string of the molecule is C#CCNS(=O)(=O)c1cccc(C(=O)N2CCC[C@H](c3cc(C)[nH]n3)C2)c1. The van der Waals surface area contributed by atoms with Crippen molar-refractivity contribution in [2.45, 2.75) is 30.6 Å². The number of rotatable bonds is 5. The van der Waals surface area contributed by atoms with Crippen LogP contribution in [0, 0.1) is 19.3 Å². The maximum absolute atomic E-state index is 12.9. The molecule has 0 saturated carbocycles. The van der Waals surface area contributed by atoms with Crippen LogP contribution in [0.2, 0.25) is 0 Å². The van der Waals surface area contributed by atoms with Crippen LogP contribution in [0.1, 0.15) is 40.5 Å². The number of benzene rings is 1. The Hall–Kier alpha value is -2.63. The van der Waals surface area contributed by atoms with E-state index in [-0.39, 0.29) is 23.3 Å². The third-order valence-electron chi connectivity index (χ3n) is 4.61. The number of hydrogen-bond donors (Lipinski definition) is 2. The van der Waals surface area contributed by atoms with Crippen molar-refractivity contribution < 1.29 is 13.2 Å². The van der Waals surface area contributed by atoms with E-state index >= 15 is 0 Å². The standard InChI is InChI=1S/C19H22N4O3S/c1-3-9-20-27(25,26)17-8-4-6-15(12-17)19(24)23-10-5-7-16(13-23)18-11-14(2)21-22-18/h1,4,6,8,11-12,16,20H,5,7,9-10,13H2,2H3,(H,21,22)/t16-/m0/s1. The van der Waals surface area contributed by atoms with Gasteiger partial charge in [0.25, 0.3) is 5.91 Å². The summed E-state index contributed by atoms with van der Waals surface area (Å²) in [7, 11) is -3.74. The van der Waals surface area contributed by atoms with E-state index in [0.717, 1.165) is 24.2 Å². The van der Waals surface area contributed by atoms with E-state index in [4.69, 9.17) is 6.42 Å². The van der Waals surface area contributed by atoms with Crippen LogP contribution in [0.5, 0.6) is 0 Å². The average molecular weight is 386 g/mol. The topological polar surface area (TPSA) is 95.2 Å². The van der Waals surface area contributed by atoms with Gasteiger partial charge in [-0.15, -0.1) is 6.42 Å². The summed E-state index contributed by atoms with van der Waals surface area (Å²) in [6.45, 7) is 3.06. The number of aryl methyl sites for hydroxylation is 1. The highest BCUT2D eigenvalue weighted by atomic mass is 32.2. The molecule has 0 spiro atoms. The Bertz CT molecular complexity index is 975. The number of sulfonamides is 1. The van der Waals surface area contributed by atoms with Crippen molar-refractivity contribution in [2.24, 2.45) is 0 Å². The quantitative estimate of drug-likeness (QED) is 0.764. The minimum atomic E-state index is -3.74. The normalized spacial score (nSPS) is 17.5. The summed E-state index contributed by atoms with van der Waals surface area (Å²) < 4.78 is 26.8. The van der Waals surface area contributed by atoms with Gasteiger partial charge >= 0.3 is 0 Å². The molecule has 3 rings (SSSR count). The predicted octanol–water partition coefficient (Wildman–Crippen LogP) is 1.65. The molecule has 1 aromatic heterocycles. The number of aromatic amines is 1. The average Bonchev–Trinajstić information content (AvgIpc) is 3.12. The summed E-state index contributed by atoms with van der Waals surface area (Å²) in [5, 5.41) is 7.26. The lowest BCUT2D eigenvalue weighted by atomic mass is 9.94. The number of H-pyrrole nitrogens is 1. The Morgan fingerprint density at radius 1 is 1.44 bits per heavy atom. The summed E-state index contributed by atoms with van der Waals surface area (Å²) in [4.78, 5) is 14.7. The van der Waals surface area contributed by atoms with Crippen molar-refractivity contribution in [3.05, 3.63) is 47.3 Å². The lowest BCUT2D eigenvalue weighted by Gasteiger charge is -2.32. The number of nitrogens with one attached hydrogen (secondary N) is 2. The number of terminal acetylenes is 1. The summed E-state index contributed by atoms with van der Waals surface area (Å²) in [6, 6.07) is 8.04. The van der Waals surface area contributed by atoms with Crippen LogP contribution in [0.25, 0.3) is 0 Å². The van der Waals surface area contributed by atoms with Crippen LogP contribution in [-0.4, -0.2) is 49.1 Å². The predicted molar refractivity (Wildman–Crippen MR) is 102 cm³/mol. The minimum absolute atomic E-state index is 0.0279. The molecule has 1 aliphatic rings. The first-order valence-corrected chi connectivity index (χ1v) is 10.2. The maximum atomic E-state index is 12.9. The van der Waals surface area contributed by atoms with Gasteiger partial charge in [-0.25, -0.2) is 8.42 Å². The molecule has 142 valence electrons. The van der Waals surface area contributed by atoms with E-state index in [1.807, 2.05) is 13.0 Å². The fourth-order valence-corrected chi connectivity index (χ4v) is 4.23. The van der Waals surface area contributed by atoms with Crippen molar-refractivity contribution in [1.29, 1.82) is 0 Å². The van der Waals surface area contributed by atoms with E-state index in [1.165, 1.54) is 12.1 Å². The molecular weight excluding hydrogens is 364 g/mol. The number of amides is 1. The number of piperidine rings is 1.